The number of rotatable bonds is 20. The van der Waals surface area contributed by atoms with Crippen molar-refractivity contribution in [2.75, 3.05) is 64.6 Å². The molecule has 1 saturated heterocycles. The molecule has 2 aliphatic heterocycles. The Morgan fingerprint density at radius 2 is 1.69 bits per heavy atom. The number of unbranched alkanes of at least 4 members (excludes halogenated alkanes) is 3. The lowest BCUT2D eigenvalue weighted by Gasteiger charge is -2.40. The first-order valence-electron chi connectivity index (χ1n) is 18.3. The molecule has 2 heterocycles. The molecule has 0 radical (unpaired) electrons. The van der Waals surface area contributed by atoms with E-state index in [0.29, 0.717) is 45.8 Å². The molecule has 3 atom stereocenters. The Hall–Kier alpha value is -3.21. The van der Waals surface area contributed by atoms with Crippen LogP contribution in [0.25, 0.3) is 0 Å². The van der Waals surface area contributed by atoms with Crippen LogP contribution in [-0.4, -0.2) is 112 Å². The van der Waals surface area contributed by atoms with Crippen molar-refractivity contribution in [2.24, 2.45) is 0 Å². The van der Waals surface area contributed by atoms with Crippen molar-refractivity contribution >= 4 is 11.8 Å². The standard InChI is InChI=1S/C37H55N3O11/c1-44-20-9-18-39-19-23-45-33-17-12-28(24-32(33)39)27-47-34-25-38-26-35(51-37(41)46-21-7-2-3-8-22-48-40(42)43)36(34)50-31-15-13-30(14-16-31)49-29-10-5-4-6-11-29/h4-6,10-12,17,24,30-31,34-36,38,42-43H,2-3,7-9,13-16,18-23,25-27H2,1H3. The molecule has 14 heteroatoms. The third kappa shape index (κ3) is 13.1. The number of para-hydroxylation sites is 1. The van der Waals surface area contributed by atoms with Crippen molar-refractivity contribution in [2.45, 2.75) is 94.9 Å². The van der Waals surface area contributed by atoms with Gasteiger partial charge in [-0.25, -0.2) is 4.79 Å². The van der Waals surface area contributed by atoms with Gasteiger partial charge in [0.15, 0.2) is 0 Å². The highest BCUT2D eigenvalue weighted by molar-refractivity contribution is 5.61. The number of fused-ring (bicyclic) bond motifs is 1. The van der Waals surface area contributed by atoms with Gasteiger partial charge in [-0.15, -0.1) is 0 Å². The third-order valence-corrected chi connectivity index (χ3v) is 9.38. The van der Waals surface area contributed by atoms with E-state index in [1.165, 1.54) is 0 Å². The zero-order chi connectivity index (χ0) is 35.7. The zero-order valence-electron chi connectivity index (χ0n) is 29.7. The third-order valence-electron chi connectivity index (χ3n) is 9.38. The molecule has 14 nitrogen and oxygen atoms in total. The monoisotopic (exact) mass is 717 g/mol. The van der Waals surface area contributed by atoms with Crippen molar-refractivity contribution in [3.63, 3.8) is 0 Å². The van der Waals surface area contributed by atoms with E-state index in [0.717, 1.165) is 80.8 Å². The zero-order valence-corrected chi connectivity index (χ0v) is 29.7. The Kier molecular flexibility index (Phi) is 16.3. The van der Waals surface area contributed by atoms with Gasteiger partial charge in [-0.05, 0) is 81.2 Å². The number of carbonyl (C=O) groups is 1. The van der Waals surface area contributed by atoms with Crippen molar-refractivity contribution in [3.05, 3.63) is 54.1 Å². The van der Waals surface area contributed by atoms with Gasteiger partial charge in [-0.1, -0.05) is 30.7 Å². The maximum absolute atomic E-state index is 12.8. The summed E-state index contributed by atoms with van der Waals surface area (Å²) < 4.78 is 42.0. The molecule has 2 aromatic carbocycles. The fourth-order valence-corrected chi connectivity index (χ4v) is 6.74. The molecule has 0 aromatic heterocycles. The number of methoxy groups -OCH3 is 1. The van der Waals surface area contributed by atoms with E-state index in [9.17, 15) is 4.79 Å². The van der Waals surface area contributed by atoms with E-state index < -0.39 is 18.4 Å². The molecule has 3 unspecified atom stereocenters. The molecule has 3 N–H and O–H groups in total. The first kappa shape index (κ1) is 39.0. The largest absolute Gasteiger partial charge is 0.508 e. The van der Waals surface area contributed by atoms with E-state index in [2.05, 4.69) is 21.1 Å². The highest BCUT2D eigenvalue weighted by atomic mass is 17.1. The minimum atomic E-state index is -0.737. The summed E-state index contributed by atoms with van der Waals surface area (Å²) in [5.74, 6) is 1.75. The van der Waals surface area contributed by atoms with E-state index in [4.69, 9.17) is 43.6 Å². The van der Waals surface area contributed by atoms with Crippen molar-refractivity contribution in [1.82, 2.24) is 10.7 Å². The lowest BCUT2D eigenvalue weighted by Crippen LogP contribution is -2.58. The van der Waals surface area contributed by atoms with Crippen LogP contribution < -0.4 is 19.7 Å². The van der Waals surface area contributed by atoms with E-state index in [1.54, 1.807) is 7.11 Å². The number of piperidine rings is 1. The van der Waals surface area contributed by atoms with Gasteiger partial charge in [0, 0.05) is 33.4 Å². The van der Waals surface area contributed by atoms with Crippen molar-refractivity contribution < 1.29 is 53.2 Å². The average Bonchev–Trinajstić information content (AvgIpc) is 3.14. The molecule has 51 heavy (non-hydrogen) atoms. The van der Waals surface area contributed by atoms with Gasteiger partial charge in [-0.3, -0.25) is 15.3 Å². The second-order valence-corrected chi connectivity index (χ2v) is 13.2. The fourth-order valence-electron chi connectivity index (χ4n) is 6.74. The molecular weight excluding hydrogens is 662 g/mol. The maximum Gasteiger partial charge on any atom is 0.508 e. The lowest BCUT2D eigenvalue weighted by molar-refractivity contribution is -0.492. The van der Waals surface area contributed by atoms with Gasteiger partial charge in [-0.2, -0.15) is 0 Å². The molecule has 2 fully saturated rings. The Labute approximate surface area is 300 Å². The number of benzene rings is 2. The van der Waals surface area contributed by atoms with Crippen molar-refractivity contribution in [1.29, 1.82) is 0 Å². The van der Waals surface area contributed by atoms with Crippen LogP contribution in [0.1, 0.15) is 63.4 Å². The van der Waals surface area contributed by atoms with Crippen LogP contribution in [0.3, 0.4) is 0 Å². The lowest BCUT2D eigenvalue weighted by atomic mass is 9.94. The Morgan fingerprint density at radius 1 is 0.922 bits per heavy atom. The predicted molar refractivity (Wildman–Crippen MR) is 186 cm³/mol. The van der Waals surface area contributed by atoms with Gasteiger partial charge in [0.25, 0.3) is 0 Å². The second kappa shape index (κ2) is 21.3. The van der Waals surface area contributed by atoms with E-state index in [-0.39, 0.29) is 36.9 Å². The number of carbonyl (C=O) groups excluding carboxylic acids is 1. The SMILES string of the molecule is COCCCN1CCOc2ccc(COC3CNCC(OC(=O)OCCCCCCON(O)O)C3OC3CCC(Oc4ccccc4)CC3)cc21. The van der Waals surface area contributed by atoms with Gasteiger partial charge in [0.2, 0.25) is 0 Å². The number of nitrogens with one attached hydrogen (secondary N) is 1. The molecule has 1 aliphatic carbocycles. The molecule has 284 valence electrons. The van der Waals surface area contributed by atoms with Gasteiger partial charge in [0.05, 0.1) is 49.7 Å². The number of hydrogen-bond acceptors (Lipinski definition) is 14. The summed E-state index contributed by atoms with van der Waals surface area (Å²) in [6.07, 6.45) is 5.10. The average molecular weight is 718 g/mol. The van der Waals surface area contributed by atoms with Crippen LogP contribution in [0, 0.1) is 0 Å². The normalized spacial score (nSPS) is 23.4. The van der Waals surface area contributed by atoms with Gasteiger partial charge < -0.3 is 43.4 Å². The molecule has 0 amide bonds. The number of ether oxygens (including phenoxy) is 7. The summed E-state index contributed by atoms with van der Waals surface area (Å²) >= 11 is 0. The van der Waals surface area contributed by atoms with Gasteiger partial charge >= 0.3 is 6.16 Å². The predicted octanol–water partition coefficient (Wildman–Crippen LogP) is 5.28. The number of anilines is 1. The van der Waals surface area contributed by atoms with Crippen LogP contribution in [0.2, 0.25) is 0 Å². The van der Waals surface area contributed by atoms with Crippen LogP contribution in [0.4, 0.5) is 10.5 Å². The minimum absolute atomic E-state index is 0.0220. The fraction of sp³-hybridized carbons (Fsp3) is 0.649. The summed E-state index contributed by atoms with van der Waals surface area (Å²) in [4.78, 5) is 19.7. The number of nitrogens with zero attached hydrogens (tertiary/aromatic N) is 2. The topological polar surface area (TPSA) is 150 Å². The smallest absolute Gasteiger partial charge is 0.490 e. The molecule has 5 rings (SSSR count). The molecule has 0 bridgehead atoms. The van der Waals surface area contributed by atoms with E-state index >= 15 is 0 Å². The summed E-state index contributed by atoms with van der Waals surface area (Å²) in [5.41, 5.74) is 2.08. The Bertz CT molecular complexity index is 1280. The van der Waals surface area contributed by atoms with Crippen LogP contribution >= 0.6 is 0 Å². The minimum Gasteiger partial charge on any atom is -0.490 e. The maximum atomic E-state index is 12.8. The van der Waals surface area contributed by atoms with Crippen LogP contribution in [-0.2, 0) is 35.1 Å². The highest BCUT2D eigenvalue weighted by Gasteiger charge is 2.40. The summed E-state index contributed by atoms with van der Waals surface area (Å²) in [7, 11) is 1.72. The van der Waals surface area contributed by atoms with Crippen molar-refractivity contribution in [3.8, 4) is 11.5 Å². The Morgan fingerprint density at radius 3 is 2.47 bits per heavy atom. The molecule has 3 aliphatic rings. The number of hydrogen-bond donors (Lipinski definition) is 3. The molecule has 0 spiro atoms. The second-order valence-electron chi connectivity index (χ2n) is 13.2. The molecule has 1 saturated carbocycles. The first-order chi connectivity index (χ1) is 25.0. The highest BCUT2D eigenvalue weighted by Crippen LogP contribution is 2.34. The summed E-state index contributed by atoms with van der Waals surface area (Å²) in [6.45, 7) is 4.80. The molecule has 2 aromatic rings. The van der Waals surface area contributed by atoms with Crippen LogP contribution in [0.5, 0.6) is 11.5 Å². The summed E-state index contributed by atoms with van der Waals surface area (Å²) in [6, 6.07) is 16.1. The van der Waals surface area contributed by atoms with Crippen LogP contribution in [0.15, 0.2) is 48.5 Å². The quantitative estimate of drug-likeness (QED) is 0.0926. The summed E-state index contributed by atoms with van der Waals surface area (Å²) in [5, 5.41) is 20.3. The first-order valence-corrected chi connectivity index (χ1v) is 18.3. The molecular formula is C37H55N3O11. The Balaban J connectivity index is 1.16. The van der Waals surface area contributed by atoms with E-state index in [1.807, 2.05) is 42.5 Å². The van der Waals surface area contributed by atoms with Gasteiger partial charge in [0.1, 0.15) is 36.4 Å².